The van der Waals surface area contributed by atoms with Crippen LogP contribution in [0.15, 0.2) is 49.3 Å². The Kier molecular flexibility index (Phi) is 4.97. The van der Waals surface area contributed by atoms with Crippen molar-refractivity contribution in [2.75, 3.05) is 23.3 Å². The predicted molar refractivity (Wildman–Crippen MR) is 102 cm³/mol. The number of nitrogens with one attached hydrogen (secondary N) is 1. The molecular weight excluding hydrogens is 366 g/mol. The van der Waals surface area contributed by atoms with Gasteiger partial charge in [0.05, 0.1) is 5.92 Å². The van der Waals surface area contributed by atoms with E-state index in [9.17, 15) is 4.79 Å². The highest BCUT2D eigenvalue weighted by Gasteiger charge is 2.27. The molecule has 1 aliphatic heterocycles. The molecule has 9 heteroatoms. The molecule has 1 amide bonds. The minimum atomic E-state index is -0.123. The molecule has 0 bridgehead atoms. The van der Waals surface area contributed by atoms with Crippen molar-refractivity contribution >= 4 is 29.0 Å². The highest BCUT2D eigenvalue weighted by Crippen LogP contribution is 2.24. The third kappa shape index (κ3) is 4.06. The van der Waals surface area contributed by atoms with Gasteiger partial charge < -0.3 is 10.2 Å². The Morgan fingerprint density at radius 2 is 2.07 bits per heavy atom. The van der Waals surface area contributed by atoms with Gasteiger partial charge in [0, 0.05) is 29.9 Å². The van der Waals surface area contributed by atoms with Gasteiger partial charge in [-0.3, -0.25) is 4.79 Å². The van der Waals surface area contributed by atoms with Crippen LogP contribution in [0.2, 0.25) is 5.02 Å². The molecular formula is C18H18ClN7O. The predicted octanol–water partition coefficient (Wildman–Crippen LogP) is 2.57. The van der Waals surface area contributed by atoms with Gasteiger partial charge in [-0.15, -0.1) is 0 Å². The van der Waals surface area contributed by atoms with Crippen LogP contribution < -0.4 is 10.2 Å². The lowest BCUT2D eigenvalue weighted by Crippen LogP contribution is -2.41. The van der Waals surface area contributed by atoms with E-state index >= 15 is 0 Å². The van der Waals surface area contributed by atoms with Gasteiger partial charge in [-0.05, 0) is 31.0 Å². The van der Waals surface area contributed by atoms with Crippen LogP contribution in [-0.4, -0.2) is 43.7 Å². The number of anilines is 2. The van der Waals surface area contributed by atoms with E-state index < -0.39 is 0 Å². The number of aromatic nitrogens is 5. The second kappa shape index (κ2) is 7.71. The van der Waals surface area contributed by atoms with E-state index in [1.807, 2.05) is 18.2 Å². The smallest absolute Gasteiger partial charge is 0.229 e. The Bertz CT molecular complexity index is 931. The van der Waals surface area contributed by atoms with Gasteiger partial charge in [0.25, 0.3) is 0 Å². The summed E-state index contributed by atoms with van der Waals surface area (Å²) in [6.45, 7) is 1.44. The van der Waals surface area contributed by atoms with Crippen molar-refractivity contribution in [3.8, 4) is 5.82 Å². The zero-order valence-electron chi connectivity index (χ0n) is 14.5. The zero-order valence-corrected chi connectivity index (χ0v) is 15.3. The third-order valence-corrected chi connectivity index (χ3v) is 4.74. The Morgan fingerprint density at radius 3 is 2.89 bits per heavy atom. The molecule has 3 aromatic rings. The topological polar surface area (TPSA) is 88.8 Å². The van der Waals surface area contributed by atoms with E-state index in [1.54, 1.807) is 23.1 Å². The molecule has 1 saturated heterocycles. The van der Waals surface area contributed by atoms with Crippen molar-refractivity contribution in [2.45, 2.75) is 12.8 Å². The monoisotopic (exact) mass is 383 g/mol. The van der Waals surface area contributed by atoms with Crippen LogP contribution in [-0.2, 0) is 4.79 Å². The molecule has 3 heterocycles. The number of benzene rings is 1. The number of rotatable bonds is 4. The standard InChI is InChI=1S/C18H18ClN7O/c19-14-4-1-5-15(7-14)24-18(27)13-3-2-6-25(9-13)16-8-17(22-11-21-16)26-12-20-10-23-26/h1,4-5,7-8,10-13H,2-3,6,9H2,(H,24,27). The van der Waals surface area contributed by atoms with Crippen LogP contribution >= 0.6 is 11.6 Å². The first-order valence-corrected chi connectivity index (χ1v) is 9.05. The van der Waals surface area contributed by atoms with Crippen molar-refractivity contribution < 1.29 is 4.79 Å². The number of carbonyl (C=O) groups is 1. The van der Waals surface area contributed by atoms with Crippen LogP contribution in [0.4, 0.5) is 11.5 Å². The maximum Gasteiger partial charge on any atom is 0.229 e. The van der Waals surface area contributed by atoms with Gasteiger partial charge in [-0.2, -0.15) is 5.10 Å². The average molecular weight is 384 g/mol. The molecule has 0 spiro atoms. The second-order valence-electron chi connectivity index (χ2n) is 6.36. The van der Waals surface area contributed by atoms with Gasteiger partial charge >= 0.3 is 0 Å². The molecule has 1 N–H and O–H groups in total. The van der Waals surface area contributed by atoms with Crippen LogP contribution in [0.25, 0.3) is 5.82 Å². The molecule has 138 valence electrons. The minimum absolute atomic E-state index is 0.00692. The van der Waals surface area contributed by atoms with Crippen molar-refractivity contribution in [1.82, 2.24) is 24.7 Å². The Morgan fingerprint density at radius 1 is 1.19 bits per heavy atom. The van der Waals surface area contributed by atoms with Gasteiger partial charge in [0.1, 0.15) is 24.8 Å². The maximum atomic E-state index is 12.7. The molecule has 8 nitrogen and oxygen atoms in total. The number of piperidine rings is 1. The first kappa shape index (κ1) is 17.4. The van der Waals surface area contributed by atoms with E-state index in [0.717, 1.165) is 25.2 Å². The SMILES string of the molecule is O=C(Nc1cccc(Cl)c1)C1CCCN(c2cc(-n3cncn3)ncn2)C1. The summed E-state index contributed by atoms with van der Waals surface area (Å²) in [6, 6.07) is 9.03. The molecule has 1 aromatic carbocycles. The number of halogens is 1. The largest absolute Gasteiger partial charge is 0.356 e. The molecule has 0 aliphatic carbocycles. The van der Waals surface area contributed by atoms with Gasteiger partial charge in [0.2, 0.25) is 5.91 Å². The van der Waals surface area contributed by atoms with Crippen LogP contribution in [0.3, 0.4) is 0 Å². The maximum absolute atomic E-state index is 12.7. The Balaban J connectivity index is 1.46. The molecule has 1 aliphatic rings. The van der Waals surface area contributed by atoms with E-state index in [2.05, 4.69) is 30.3 Å². The lowest BCUT2D eigenvalue weighted by molar-refractivity contribution is -0.120. The quantitative estimate of drug-likeness (QED) is 0.744. The number of hydrogen-bond acceptors (Lipinski definition) is 6. The summed E-state index contributed by atoms with van der Waals surface area (Å²) in [5.74, 6) is 1.29. The summed E-state index contributed by atoms with van der Waals surface area (Å²) < 4.78 is 1.58. The zero-order chi connectivity index (χ0) is 18.6. The molecule has 1 fully saturated rings. The molecule has 27 heavy (non-hydrogen) atoms. The number of nitrogens with zero attached hydrogens (tertiary/aromatic N) is 6. The lowest BCUT2D eigenvalue weighted by Gasteiger charge is -2.32. The summed E-state index contributed by atoms with van der Waals surface area (Å²) >= 11 is 5.99. The molecule has 2 aromatic heterocycles. The first-order chi connectivity index (χ1) is 13.2. The van der Waals surface area contributed by atoms with E-state index in [4.69, 9.17) is 11.6 Å². The van der Waals surface area contributed by atoms with E-state index in [-0.39, 0.29) is 11.8 Å². The molecule has 1 atom stereocenters. The first-order valence-electron chi connectivity index (χ1n) is 8.67. The highest BCUT2D eigenvalue weighted by molar-refractivity contribution is 6.30. The summed E-state index contributed by atoms with van der Waals surface area (Å²) in [5, 5.41) is 7.64. The van der Waals surface area contributed by atoms with Crippen LogP contribution in [0.5, 0.6) is 0 Å². The number of carbonyl (C=O) groups excluding carboxylic acids is 1. The summed E-state index contributed by atoms with van der Waals surface area (Å²) in [7, 11) is 0. The van der Waals surface area contributed by atoms with Crippen LogP contribution in [0.1, 0.15) is 12.8 Å². The fraction of sp³-hybridized carbons (Fsp3) is 0.278. The fourth-order valence-electron chi connectivity index (χ4n) is 3.17. The second-order valence-corrected chi connectivity index (χ2v) is 6.80. The average Bonchev–Trinajstić information content (AvgIpc) is 3.23. The van der Waals surface area contributed by atoms with E-state index in [1.165, 1.54) is 12.7 Å². The van der Waals surface area contributed by atoms with Crippen molar-refractivity contribution in [3.05, 3.63) is 54.3 Å². The summed E-state index contributed by atoms with van der Waals surface area (Å²) in [4.78, 5) is 27.3. The van der Waals surface area contributed by atoms with Crippen molar-refractivity contribution in [1.29, 1.82) is 0 Å². The van der Waals surface area contributed by atoms with Crippen LogP contribution in [0, 0.1) is 5.92 Å². The Labute approximate surface area is 161 Å². The molecule has 0 radical (unpaired) electrons. The van der Waals surface area contributed by atoms with E-state index in [0.29, 0.717) is 23.1 Å². The van der Waals surface area contributed by atoms with Gasteiger partial charge in [0.15, 0.2) is 5.82 Å². The normalized spacial score (nSPS) is 16.9. The highest BCUT2D eigenvalue weighted by atomic mass is 35.5. The molecule has 1 unspecified atom stereocenters. The lowest BCUT2D eigenvalue weighted by atomic mass is 9.97. The summed E-state index contributed by atoms with van der Waals surface area (Å²) in [6.07, 6.45) is 6.30. The number of hydrogen-bond donors (Lipinski definition) is 1. The third-order valence-electron chi connectivity index (χ3n) is 4.50. The fourth-order valence-corrected chi connectivity index (χ4v) is 3.36. The van der Waals surface area contributed by atoms with Gasteiger partial charge in [-0.1, -0.05) is 17.7 Å². The summed E-state index contributed by atoms with van der Waals surface area (Å²) in [5.41, 5.74) is 0.708. The molecule has 0 saturated carbocycles. The van der Waals surface area contributed by atoms with Crippen molar-refractivity contribution in [2.24, 2.45) is 5.92 Å². The molecule has 4 rings (SSSR count). The van der Waals surface area contributed by atoms with Crippen molar-refractivity contribution in [3.63, 3.8) is 0 Å². The van der Waals surface area contributed by atoms with Gasteiger partial charge in [-0.25, -0.2) is 19.6 Å². The number of amides is 1. The Hall–Kier alpha value is -3.00. The minimum Gasteiger partial charge on any atom is -0.356 e.